The number of halogens is 4. The first-order valence-electron chi connectivity index (χ1n) is 8.73. The Hall–Kier alpha value is -3.20. The van der Waals surface area contributed by atoms with E-state index < -0.39 is 35.4 Å². The van der Waals surface area contributed by atoms with E-state index in [1.165, 1.54) is 12.3 Å². The normalized spacial score (nSPS) is 21.1. The van der Waals surface area contributed by atoms with Crippen molar-refractivity contribution in [1.29, 1.82) is 0 Å². The average Bonchev–Trinajstić information content (AvgIpc) is 3.21. The number of nitrogens with zero attached hydrogens (tertiary/aromatic N) is 2. The summed E-state index contributed by atoms with van der Waals surface area (Å²) in [5.41, 5.74) is 2.11. The molecule has 3 unspecified atom stereocenters. The lowest BCUT2D eigenvalue weighted by Crippen LogP contribution is -2.21. The average molecular weight is 405 g/mol. The number of rotatable bonds is 4. The van der Waals surface area contributed by atoms with Crippen LogP contribution in [0.3, 0.4) is 0 Å². The molecular weight excluding hydrogens is 390 g/mol. The quantitative estimate of drug-likeness (QED) is 0.391. The van der Waals surface area contributed by atoms with Gasteiger partial charge in [0.25, 0.3) is 0 Å². The molecule has 150 valence electrons. The third-order valence-electron chi connectivity index (χ3n) is 5.12. The van der Waals surface area contributed by atoms with Crippen LogP contribution in [0.4, 0.5) is 17.6 Å². The Labute approximate surface area is 162 Å². The summed E-state index contributed by atoms with van der Waals surface area (Å²) in [6, 6.07) is 13.5. The Morgan fingerprint density at radius 1 is 1.03 bits per heavy atom. The van der Waals surface area contributed by atoms with Crippen molar-refractivity contribution in [2.45, 2.75) is 18.0 Å². The van der Waals surface area contributed by atoms with E-state index in [1.807, 2.05) is 0 Å². The topological polar surface area (TPSA) is 67.2 Å². The number of nitrogens with one attached hydrogen (secondary N) is 1. The van der Waals surface area contributed by atoms with E-state index in [0.717, 1.165) is 10.7 Å². The van der Waals surface area contributed by atoms with Crippen molar-refractivity contribution in [2.24, 2.45) is 5.92 Å². The van der Waals surface area contributed by atoms with Crippen LogP contribution in [0.15, 0.2) is 60.8 Å². The number of carbonyl (C=O) groups excluding carboxylic acids is 1. The molecule has 0 aliphatic heterocycles. The molecule has 0 saturated heterocycles. The van der Waals surface area contributed by atoms with Crippen molar-refractivity contribution in [3.63, 3.8) is 0 Å². The van der Waals surface area contributed by atoms with Gasteiger partial charge in [-0.15, -0.1) is 0 Å². The van der Waals surface area contributed by atoms with E-state index in [1.54, 1.807) is 47.9 Å². The highest BCUT2D eigenvalue weighted by Gasteiger charge is 2.56. The van der Waals surface area contributed by atoms with Gasteiger partial charge in [0.05, 0.1) is 11.6 Å². The minimum Gasteiger partial charge on any atom is -0.289 e. The van der Waals surface area contributed by atoms with Crippen LogP contribution in [-0.4, -0.2) is 20.9 Å². The van der Waals surface area contributed by atoms with Gasteiger partial charge in [-0.3, -0.25) is 10.0 Å². The molecule has 0 radical (unpaired) electrons. The lowest BCUT2D eigenvalue weighted by molar-refractivity contribution is -0.141. The van der Waals surface area contributed by atoms with Crippen molar-refractivity contribution in [1.82, 2.24) is 15.3 Å². The van der Waals surface area contributed by atoms with Crippen LogP contribution in [0.5, 0.6) is 0 Å². The molecule has 1 aromatic heterocycles. The molecule has 1 saturated carbocycles. The Morgan fingerprint density at radius 3 is 2.31 bits per heavy atom. The van der Waals surface area contributed by atoms with Gasteiger partial charge in [0.2, 0.25) is 5.91 Å². The highest BCUT2D eigenvalue weighted by atomic mass is 19.4. The first-order chi connectivity index (χ1) is 13.8. The fourth-order valence-corrected chi connectivity index (χ4v) is 3.73. The molecule has 0 bridgehead atoms. The second-order valence-electron chi connectivity index (χ2n) is 6.81. The fourth-order valence-electron chi connectivity index (χ4n) is 3.73. The second-order valence-corrected chi connectivity index (χ2v) is 6.81. The maximum atomic E-state index is 14.2. The number of hydroxylamine groups is 1. The molecule has 3 atom stereocenters. The molecule has 1 aliphatic carbocycles. The highest BCUT2D eigenvalue weighted by molar-refractivity contribution is 5.84. The molecule has 2 N–H and O–H groups in total. The Morgan fingerprint density at radius 2 is 1.72 bits per heavy atom. The Balaban J connectivity index is 1.61. The molecule has 1 heterocycles. The second kappa shape index (κ2) is 7.00. The lowest BCUT2D eigenvalue weighted by atomic mass is 10.0. The van der Waals surface area contributed by atoms with Crippen LogP contribution >= 0.6 is 0 Å². The summed E-state index contributed by atoms with van der Waals surface area (Å²) in [7, 11) is 0. The van der Waals surface area contributed by atoms with Gasteiger partial charge in [-0.1, -0.05) is 30.3 Å². The number of benzene rings is 2. The number of hydrogen-bond acceptors (Lipinski definition) is 3. The number of aromatic nitrogens is 2. The van der Waals surface area contributed by atoms with Crippen LogP contribution in [-0.2, 0) is 11.0 Å². The molecule has 29 heavy (non-hydrogen) atoms. The number of hydrogen-bond donors (Lipinski definition) is 2. The Kier molecular flexibility index (Phi) is 4.62. The van der Waals surface area contributed by atoms with Gasteiger partial charge in [-0.25, -0.2) is 14.6 Å². The zero-order chi connectivity index (χ0) is 20.8. The van der Waals surface area contributed by atoms with Crippen molar-refractivity contribution < 1.29 is 27.6 Å². The lowest BCUT2D eigenvalue weighted by Gasteiger charge is -2.06. The van der Waals surface area contributed by atoms with E-state index in [0.29, 0.717) is 16.8 Å². The maximum Gasteiger partial charge on any atom is 0.435 e. The van der Waals surface area contributed by atoms with Crippen LogP contribution in [0.25, 0.3) is 5.69 Å². The van der Waals surface area contributed by atoms with Gasteiger partial charge in [0.15, 0.2) is 5.69 Å². The van der Waals surface area contributed by atoms with Gasteiger partial charge in [0, 0.05) is 18.0 Å². The van der Waals surface area contributed by atoms with Crippen LogP contribution in [0, 0.1) is 11.7 Å². The van der Waals surface area contributed by atoms with Gasteiger partial charge < -0.3 is 0 Å². The van der Waals surface area contributed by atoms with Gasteiger partial charge in [-0.2, -0.15) is 18.3 Å². The third kappa shape index (κ3) is 3.49. The smallest absolute Gasteiger partial charge is 0.289 e. The van der Waals surface area contributed by atoms with Crippen molar-refractivity contribution >= 4 is 5.91 Å². The largest absolute Gasteiger partial charge is 0.435 e. The van der Waals surface area contributed by atoms with E-state index in [2.05, 4.69) is 5.10 Å². The molecule has 1 amide bonds. The summed E-state index contributed by atoms with van der Waals surface area (Å²) in [4.78, 5) is 12.0. The van der Waals surface area contributed by atoms with Gasteiger partial charge in [-0.05, 0) is 35.4 Å². The summed E-state index contributed by atoms with van der Waals surface area (Å²) in [5, 5.41) is 12.5. The van der Waals surface area contributed by atoms with E-state index in [-0.39, 0.29) is 5.92 Å². The fraction of sp³-hybridized carbons (Fsp3) is 0.200. The van der Waals surface area contributed by atoms with Gasteiger partial charge >= 0.3 is 6.18 Å². The predicted octanol–water partition coefficient (Wildman–Crippen LogP) is 4.03. The minimum absolute atomic E-state index is 0.364. The van der Waals surface area contributed by atoms with E-state index in [4.69, 9.17) is 5.21 Å². The van der Waals surface area contributed by atoms with Crippen molar-refractivity contribution in [2.75, 3.05) is 0 Å². The number of carbonyl (C=O) groups is 1. The number of amides is 1. The zero-order valence-corrected chi connectivity index (χ0v) is 14.8. The summed E-state index contributed by atoms with van der Waals surface area (Å²) in [6.07, 6.45) is -3.32. The molecule has 9 heteroatoms. The summed E-state index contributed by atoms with van der Waals surface area (Å²) in [6.45, 7) is 0. The maximum absolute atomic E-state index is 14.2. The van der Waals surface area contributed by atoms with Crippen molar-refractivity contribution in [3.05, 3.63) is 83.4 Å². The zero-order valence-electron chi connectivity index (χ0n) is 14.8. The summed E-state index contributed by atoms with van der Waals surface area (Å²) in [5.74, 6) is -2.52. The first kappa shape index (κ1) is 19.1. The molecule has 1 fully saturated rings. The SMILES string of the molecule is O=C(NO)C1C(c2ccc(-n3ccc(C(F)(F)F)n3)cc2)C1c1ccccc1F. The van der Waals surface area contributed by atoms with E-state index in [9.17, 15) is 22.4 Å². The molecular formula is C20H15F4N3O2. The first-order valence-corrected chi connectivity index (χ1v) is 8.73. The molecule has 1 aliphatic rings. The highest BCUT2D eigenvalue weighted by Crippen LogP contribution is 2.61. The molecule has 3 aromatic rings. The molecule has 5 nitrogen and oxygen atoms in total. The summed E-state index contributed by atoms with van der Waals surface area (Å²) < 4.78 is 53.5. The third-order valence-corrected chi connectivity index (χ3v) is 5.12. The number of alkyl halides is 3. The molecule has 4 rings (SSSR count). The summed E-state index contributed by atoms with van der Waals surface area (Å²) >= 11 is 0. The monoisotopic (exact) mass is 405 g/mol. The predicted molar refractivity (Wildman–Crippen MR) is 93.9 cm³/mol. The van der Waals surface area contributed by atoms with Crippen LogP contribution in [0.2, 0.25) is 0 Å². The molecule has 0 spiro atoms. The standard InChI is InChI=1S/C20H15F4N3O2/c21-14-4-2-1-3-13(14)17-16(18(17)19(28)26-29)11-5-7-12(8-6-11)27-10-9-15(25-27)20(22,23)24/h1-10,16-18,29H,(H,26,28). The van der Waals surface area contributed by atoms with Crippen LogP contribution in [0.1, 0.15) is 28.7 Å². The van der Waals surface area contributed by atoms with Crippen molar-refractivity contribution in [3.8, 4) is 5.69 Å². The Bertz CT molecular complexity index is 1050. The van der Waals surface area contributed by atoms with E-state index >= 15 is 0 Å². The van der Waals surface area contributed by atoms with Crippen LogP contribution < -0.4 is 5.48 Å². The van der Waals surface area contributed by atoms with Gasteiger partial charge in [0.1, 0.15) is 5.82 Å². The molecule has 2 aromatic carbocycles. The minimum atomic E-state index is -4.53.